The summed E-state index contributed by atoms with van der Waals surface area (Å²) in [4.78, 5) is 25.2. The first-order chi connectivity index (χ1) is 10.1. The Morgan fingerprint density at radius 3 is 2.62 bits per heavy atom. The summed E-state index contributed by atoms with van der Waals surface area (Å²) in [5.74, 6) is 0.0580. The van der Waals surface area contributed by atoms with Gasteiger partial charge in [-0.3, -0.25) is 9.59 Å². The molecule has 2 N–H and O–H groups in total. The van der Waals surface area contributed by atoms with Crippen LogP contribution in [0.4, 0.5) is 0 Å². The first-order valence-electron chi connectivity index (χ1n) is 7.42. The van der Waals surface area contributed by atoms with E-state index in [1.165, 1.54) is 0 Å². The minimum Gasteiger partial charge on any atom is -0.370 e. The largest absolute Gasteiger partial charge is 0.370 e. The topological polar surface area (TPSA) is 63.4 Å². The van der Waals surface area contributed by atoms with Crippen molar-refractivity contribution in [3.8, 4) is 0 Å². The van der Waals surface area contributed by atoms with Crippen LogP contribution in [0.3, 0.4) is 0 Å². The van der Waals surface area contributed by atoms with E-state index >= 15 is 0 Å². The first-order valence-corrected chi connectivity index (χ1v) is 7.42. The molecule has 112 valence electrons. The van der Waals surface area contributed by atoms with E-state index in [4.69, 9.17) is 5.73 Å². The third-order valence-corrected chi connectivity index (χ3v) is 3.75. The quantitative estimate of drug-likeness (QED) is 0.781. The number of hydrogen-bond donors (Lipinski definition) is 1. The van der Waals surface area contributed by atoms with Gasteiger partial charge in [0.25, 0.3) is 0 Å². The zero-order valence-corrected chi connectivity index (χ0v) is 12.2. The Hall–Kier alpha value is -2.10. The average Bonchev–Trinajstić information content (AvgIpc) is 2.97. The lowest BCUT2D eigenvalue weighted by molar-refractivity contribution is -0.133. The van der Waals surface area contributed by atoms with Crippen molar-refractivity contribution in [1.82, 2.24) is 4.90 Å². The second-order valence-corrected chi connectivity index (χ2v) is 5.49. The van der Waals surface area contributed by atoms with Gasteiger partial charge in [-0.1, -0.05) is 42.5 Å². The number of amides is 2. The molecule has 1 aliphatic carbocycles. The molecule has 4 heteroatoms. The van der Waals surface area contributed by atoms with Crippen LogP contribution in [-0.2, 0) is 16.1 Å². The van der Waals surface area contributed by atoms with E-state index in [2.05, 4.69) is 12.2 Å². The van der Waals surface area contributed by atoms with E-state index in [-0.39, 0.29) is 18.2 Å². The van der Waals surface area contributed by atoms with Gasteiger partial charge in [-0.25, -0.2) is 0 Å². The molecule has 1 unspecified atom stereocenters. The van der Waals surface area contributed by atoms with Crippen molar-refractivity contribution in [2.45, 2.75) is 32.2 Å². The highest BCUT2D eigenvalue weighted by atomic mass is 16.2. The van der Waals surface area contributed by atoms with Gasteiger partial charge in [0.15, 0.2) is 0 Å². The molecule has 2 rings (SSSR count). The number of allylic oxidation sites excluding steroid dienone is 2. The van der Waals surface area contributed by atoms with Crippen LogP contribution in [-0.4, -0.2) is 23.3 Å². The Kier molecular flexibility index (Phi) is 5.55. The van der Waals surface area contributed by atoms with Crippen molar-refractivity contribution >= 4 is 11.8 Å². The Bertz CT molecular complexity index is 511. The molecule has 0 bridgehead atoms. The number of primary amides is 1. The first kappa shape index (κ1) is 15.3. The highest BCUT2D eigenvalue weighted by Gasteiger charge is 2.19. The summed E-state index contributed by atoms with van der Waals surface area (Å²) in [6.07, 6.45) is 7.06. The number of carbonyl (C=O) groups excluding carboxylic acids is 2. The summed E-state index contributed by atoms with van der Waals surface area (Å²) < 4.78 is 0. The number of hydrogen-bond acceptors (Lipinski definition) is 2. The van der Waals surface area contributed by atoms with Crippen LogP contribution in [0.25, 0.3) is 0 Å². The van der Waals surface area contributed by atoms with Crippen LogP contribution in [0, 0.1) is 5.92 Å². The predicted octanol–water partition coefficient (Wildman–Crippen LogP) is 2.25. The smallest absolute Gasteiger partial charge is 0.223 e. The molecule has 0 spiro atoms. The van der Waals surface area contributed by atoms with E-state index < -0.39 is 0 Å². The standard InChI is InChI=1S/C17H22N2O2/c18-16(20)10-11-19(13-15-8-2-1-3-9-15)17(21)12-14-6-4-5-7-14/h1-4,6,8-9,14H,5,7,10-13H2,(H2,18,20). The van der Waals surface area contributed by atoms with Crippen LogP contribution in [0.1, 0.15) is 31.2 Å². The molecular formula is C17H22N2O2. The highest BCUT2D eigenvalue weighted by molar-refractivity contribution is 5.78. The molecule has 4 nitrogen and oxygen atoms in total. The van der Waals surface area contributed by atoms with Gasteiger partial charge in [0, 0.05) is 25.9 Å². The van der Waals surface area contributed by atoms with E-state index in [9.17, 15) is 9.59 Å². The lowest BCUT2D eigenvalue weighted by atomic mass is 10.0. The number of nitrogens with two attached hydrogens (primary N) is 1. The van der Waals surface area contributed by atoms with E-state index in [1.54, 1.807) is 4.90 Å². The van der Waals surface area contributed by atoms with Crippen molar-refractivity contribution in [3.63, 3.8) is 0 Å². The maximum Gasteiger partial charge on any atom is 0.223 e. The number of rotatable bonds is 7. The minimum atomic E-state index is -0.373. The Morgan fingerprint density at radius 2 is 2.00 bits per heavy atom. The van der Waals surface area contributed by atoms with Gasteiger partial charge in [0.2, 0.25) is 11.8 Å². The molecule has 0 saturated heterocycles. The number of benzene rings is 1. The van der Waals surface area contributed by atoms with Crippen LogP contribution >= 0.6 is 0 Å². The molecule has 1 aliphatic rings. The summed E-state index contributed by atoms with van der Waals surface area (Å²) in [5, 5.41) is 0. The molecule has 1 aromatic carbocycles. The molecule has 2 amide bonds. The molecule has 1 aromatic rings. The number of nitrogens with zero attached hydrogens (tertiary/aromatic N) is 1. The van der Waals surface area contributed by atoms with Gasteiger partial charge < -0.3 is 10.6 Å². The zero-order chi connectivity index (χ0) is 15.1. The molecule has 0 heterocycles. The van der Waals surface area contributed by atoms with Gasteiger partial charge in [-0.05, 0) is 24.3 Å². The van der Waals surface area contributed by atoms with Crippen molar-refractivity contribution in [2.24, 2.45) is 11.7 Å². The van der Waals surface area contributed by atoms with Crippen molar-refractivity contribution < 1.29 is 9.59 Å². The van der Waals surface area contributed by atoms with Crippen molar-refractivity contribution in [2.75, 3.05) is 6.54 Å². The number of carbonyl (C=O) groups is 2. The SMILES string of the molecule is NC(=O)CCN(Cc1ccccc1)C(=O)CC1C=CCC1. The molecule has 0 aliphatic heterocycles. The summed E-state index contributed by atoms with van der Waals surface area (Å²) >= 11 is 0. The maximum absolute atomic E-state index is 12.5. The van der Waals surface area contributed by atoms with Crippen LogP contribution in [0.15, 0.2) is 42.5 Å². The fourth-order valence-corrected chi connectivity index (χ4v) is 2.56. The van der Waals surface area contributed by atoms with Crippen LogP contribution in [0.2, 0.25) is 0 Å². The summed E-state index contributed by atoms with van der Waals surface area (Å²) in [6, 6.07) is 9.82. The van der Waals surface area contributed by atoms with Crippen LogP contribution < -0.4 is 5.73 Å². The monoisotopic (exact) mass is 286 g/mol. The molecule has 1 atom stereocenters. The van der Waals surface area contributed by atoms with Crippen molar-refractivity contribution in [3.05, 3.63) is 48.0 Å². The van der Waals surface area contributed by atoms with Gasteiger partial charge in [0.1, 0.15) is 0 Å². The van der Waals surface area contributed by atoms with Gasteiger partial charge in [0.05, 0.1) is 0 Å². The van der Waals surface area contributed by atoms with Gasteiger partial charge in [-0.15, -0.1) is 0 Å². The second-order valence-electron chi connectivity index (χ2n) is 5.49. The fraction of sp³-hybridized carbons (Fsp3) is 0.412. The second kappa shape index (κ2) is 7.62. The lowest BCUT2D eigenvalue weighted by Gasteiger charge is -2.23. The molecule has 0 saturated carbocycles. The Balaban J connectivity index is 1.98. The summed E-state index contributed by atoms with van der Waals surface area (Å²) in [6.45, 7) is 0.920. The minimum absolute atomic E-state index is 0.0941. The van der Waals surface area contributed by atoms with E-state index in [0.717, 1.165) is 18.4 Å². The third-order valence-electron chi connectivity index (χ3n) is 3.75. The van der Waals surface area contributed by atoms with Gasteiger partial charge in [-0.2, -0.15) is 0 Å². The molecular weight excluding hydrogens is 264 g/mol. The summed E-state index contributed by atoms with van der Waals surface area (Å²) in [5.41, 5.74) is 6.28. The predicted molar refractivity (Wildman–Crippen MR) is 82.2 cm³/mol. The molecule has 0 aromatic heterocycles. The van der Waals surface area contributed by atoms with E-state index in [1.807, 2.05) is 30.3 Å². The fourth-order valence-electron chi connectivity index (χ4n) is 2.56. The Labute approximate surface area is 125 Å². The molecule has 0 radical (unpaired) electrons. The molecule has 0 fully saturated rings. The van der Waals surface area contributed by atoms with Crippen molar-refractivity contribution in [1.29, 1.82) is 0 Å². The Morgan fingerprint density at radius 1 is 1.24 bits per heavy atom. The maximum atomic E-state index is 12.5. The highest BCUT2D eigenvalue weighted by Crippen LogP contribution is 2.21. The normalized spacial score (nSPS) is 16.9. The van der Waals surface area contributed by atoms with E-state index in [0.29, 0.717) is 25.4 Å². The summed E-state index contributed by atoms with van der Waals surface area (Å²) in [7, 11) is 0. The zero-order valence-electron chi connectivity index (χ0n) is 12.2. The average molecular weight is 286 g/mol. The molecule has 21 heavy (non-hydrogen) atoms. The lowest BCUT2D eigenvalue weighted by Crippen LogP contribution is -2.34. The van der Waals surface area contributed by atoms with Crippen LogP contribution in [0.5, 0.6) is 0 Å². The third kappa shape index (κ3) is 5.06. The van der Waals surface area contributed by atoms with Gasteiger partial charge >= 0.3 is 0 Å².